The van der Waals surface area contributed by atoms with E-state index in [-0.39, 0.29) is 5.92 Å². The summed E-state index contributed by atoms with van der Waals surface area (Å²) in [5.74, 6) is 0.351. The van der Waals surface area contributed by atoms with E-state index in [0.717, 1.165) is 36.4 Å². The van der Waals surface area contributed by atoms with Crippen LogP contribution in [0.15, 0.2) is 60.7 Å². The lowest BCUT2D eigenvalue weighted by molar-refractivity contribution is -0.144. The molecule has 0 bridgehead atoms. The van der Waals surface area contributed by atoms with Crippen molar-refractivity contribution >= 4 is 12.0 Å². The van der Waals surface area contributed by atoms with E-state index in [9.17, 15) is 9.90 Å². The number of carboxylic acids is 1. The fraction of sp³-hybridized carbons (Fsp3) is 0.348. The number of aliphatic carboxylic acids is 1. The van der Waals surface area contributed by atoms with E-state index in [2.05, 4.69) is 24.0 Å². The highest BCUT2D eigenvalue weighted by atomic mass is 16.5. The van der Waals surface area contributed by atoms with Gasteiger partial charge in [0, 0.05) is 19.6 Å². The molecule has 1 N–H and O–H groups in total. The summed E-state index contributed by atoms with van der Waals surface area (Å²) in [4.78, 5) is 13.5. The molecule has 0 amide bonds. The van der Waals surface area contributed by atoms with Crippen molar-refractivity contribution in [3.05, 3.63) is 71.8 Å². The summed E-state index contributed by atoms with van der Waals surface area (Å²) in [5.41, 5.74) is 2.26. The van der Waals surface area contributed by atoms with Gasteiger partial charge < -0.3 is 9.84 Å². The van der Waals surface area contributed by atoms with Crippen LogP contribution < -0.4 is 4.74 Å². The van der Waals surface area contributed by atoms with Crippen molar-refractivity contribution in [3.8, 4) is 5.75 Å². The zero-order valence-electron chi connectivity index (χ0n) is 15.8. The maximum atomic E-state index is 11.3. The number of likely N-dealkylation sites (tertiary alicyclic amines) is 1. The lowest BCUT2D eigenvalue weighted by Crippen LogP contribution is -2.42. The number of benzene rings is 2. The zero-order chi connectivity index (χ0) is 19.1. The first-order chi connectivity index (χ1) is 13.1. The number of hydrogen-bond acceptors (Lipinski definition) is 3. The molecular weight excluding hydrogens is 338 g/mol. The van der Waals surface area contributed by atoms with E-state index in [4.69, 9.17) is 4.74 Å². The molecule has 142 valence electrons. The van der Waals surface area contributed by atoms with Gasteiger partial charge in [-0.05, 0) is 35.6 Å². The molecule has 1 heterocycles. The number of hydrogen-bond donors (Lipinski definition) is 1. The molecule has 0 spiro atoms. The first kappa shape index (κ1) is 19.2. The summed E-state index contributed by atoms with van der Waals surface area (Å²) in [5, 5.41) is 9.26. The minimum Gasteiger partial charge on any atom is -0.489 e. The topological polar surface area (TPSA) is 49.8 Å². The molecule has 2 aromatic carbocycles. The number of nitrogens with zero attached hydrogens (tertiary/aromatic N) is 1. The van der Waals surface area contributed by atoms with E-state index in [1.54, 1.807) is 0 Å². The minimum atomic E-state index is -0.679. The Morgan fingerprint density at radius 2 is 1.89 bits per heavy atom. The highest BCUT2D eigenvalue weighted by Gasteiger charge is 2.28. The molecule has 1 saturated heterocycles. The maximum Gasteiger partial charge on any atom is 0.307 e. The molecule has 4 heteroatoms. The second-order valence-corrected chi connectivity index (χ2v) is 7.34. The average Bonchev–Trinajstić information content (AvgIpc) is 2.68. The van der Waals surface area contributed by atoms with Crippen LogP contribution >= 0.6 is 0 Å². The molecule has 1 aliphatic heterocycles. The van der Waals surface area contributed by atoms with Gasteiger partial charge in [0.15, 0.2) is 0 Å². The second kappa shape index (κ2) is 9.38. The van der Waals surface area contributed by atoms with Crippen molar-refractivity contribution in [2.24, 2.45) is 11.8 Å². The van der Waals surface area contributed by atoms with Gasteiger partial charge in [0.2, 0.25) is 0 Å². The zero-order valence-corrected chi connectivity index (χ0v) is 15.8. The Morgan fingerprint density at radius 3 is 2.59 bits per heavy atom. The summed E-state index contributed by atoms with van der Waals surface area (Å²) < 4.78 is 5.80. The molecular formula is C23H27NO3. The maximum absolute atomic E-state index is 11.3. The molecule has 0 radical (unpaired) electrons. The predicted molar refractivity (Wildman–Crippen MR) is 108 cm³/mol. The van der Waals surface area contributed by atoms with Crippen LogP contribution in [0.25, 0.3) is 6.08 Å². The smallest absolute Gasteiger partial charge is 0.307 e. The SMILES string of the molecule is CC1CC(C(=O)O)CN(C/C=C/c2ccc(OCc3ccccc3)cc2)C1. The summed E-state index contributed by atoms with van der Waals surface area (Å²) in [6.45, 7) is 5.06. The number of carbonyl (C=O) groups is 1. The van der Waals surface area contributed by atoms with Crippen LogP contribution in [0, 0.1) is 11.8 Å². The van der Waals surface area contributed by atoms with Crippen LogP contribution in [0.5, 0.6) is 5.75 Å². The van der Waals surface area contributed by atoms with Gasteiger partial charge in [-0.2, -0.15) is 0 Å². The van der Waals surface area contributed by atoms with Crippen LogP contribution in [0.3, 0.4) is 0 Å². The Labute approximate surface area is 161 Å². The molecule has 3 rings (SSSR count). The highest BCUT2D eigenvalue weighted by molar-refractivity contribution is 5.70. The third-order valence-corrected chi connectivity index (χ3v) is 4.89. The summed E-state index contributed by atoms with van der Waals surface area (Å²) in [6.07, 6.45) is 4.97. The average molecular weight is 365 g/mol. The van der Waals surface area contributed by atoms with Crippen molar-refractivity contribution < 1.29 is 14.6 Å². The Kier molecular flexibility index (Phi) is 6.66. The van der Waals surface area contributed by atoms with E-state index in [1.165, 1.54) is 0 Å². The van der Waals surface area contributed by atoms with Crippen molar-refractivity contribution in [3.63, 3.8) is 0 Å². The predicted octanol–water partition coefficient (Wildman–Crippen LogP) is 4.32. The molecule has 2 atom stereocenters. The van der Waals surface area contributed by atoms with Crippen LogP contribution in [0.4, 0.5) is 0 Å². The standard InChI is InChI=1S/C23H27NO3/c1-18-14-21(23(25)26)16-24(15-18)13-5-8-19-9-11-22(12-10-19)27-17-20-6-3-2-4-7-20/h2-12,18,21H,13-17H2,1H3,(H,25,26)/b8-5+. The van der Waals surface area contributed by atoms with Crippen molar-refractivity contribution in [1.82, 2.24) is 4.90 Å². The number of carboxylic acid groups (broad SMARTS) is 1. The fourth-order valence-electron chi connectivity index (χ4n) is 3.54. The van der Waals surface area contributed by atoms with Gasteiger partial charge in [-0.1, -0.05) is 61.5 Å². The van der Waals surface area contributed by atoms with Gasteiger partial charge in [-0.15, -0.1) is 0 Å². The third kappa shape index (κ3) is 5.97. The van der Waals surface area contributed by atoms with E-state index in [1.807, 2.05) is 54.6 Å². The summed E-state index contributed by atoms with van der Waals surface area (Å²) >= 11 is 0. The third-order valence-electron chi connectivity index (χ3n) is 4.89. The Bertz CT molecular complexity index is 755. The molecule has 2 unspecified atom stereocenters. The largest absolute Gasteiger partial charge is 0.489 e. The first-order valence-corrected chi connectivity index (χ1v) is 9.48. The highest BCUT2D eigenvalue weighted by Crippen LogP contribution is 2.22. The first-order valence-electron chi connectivity index (χ1n) is 9.48. The minimum absolute atomic E-state index is 0.247. The second-order valence-electron chi connectivity index (χ2n) is 7.34. The molecule has 0 aliphatic carbocycles. The number of piperidine rings is 1. The van der Waals surface area contributed by atoms with E-state index in [0.29, 0.717) is 19.1 Å². The van der Waals surface area contributed by atoms with Crippen LogP contribution in [0.1, 0.15) is 24.5 Å². The quantitative estimate of drug-likeness (QED) is 0.794. The van der Waals surface area contributed by atoms with Gasteiger partial charge in [0.05, 0.1) is 5.92 Å². The number of ether oxygens (including phenoxy) is 1. The van der Waals surface area contributed by atoms with Crippen LogP contribution in [-0.4, -0.2) is 35.6 Å². The van der Waals surface area contributed by atoms with Crippen molar-refractivity contribution in [2.45, 2.75) is 20.0 Å². The monoisotopic (exact) mass is 365 g/mol. The van der Waals surface area contributed by atoms with Crippen LogP contribution in [0.2, 0.25) is 0 Å². The molecule has 1 fully saturated rings. The molecule has 2 aromatic rings. The summed E-state index contributed by atoms with van der Waals surface area (Å²) in [7, 11) is 0. The van der Waals surface area contributed by atoms with Gasteiger partial charge in [-0.25, -0.2) is 0 Å². The number of rotatable bonds is 7. The van der Waals surface area contributed by atoms with Crippen molar-refractivity contribution in [2.75, 3.05) is 19.6 Å². The molecule has 27 heavy (non-hydrogen) atoms. The van der Waals surface area contributed by atoms with Crippen molar-refractivity contribution in [1.29, 1.82) is 0 Å². The van der Waals surface area contributed by atoms with Gasteiger partial charge in [-0.3, -0.25) is 9.69 Å². The summed E-state index contributed by atoms with van der Waals surface area (Å²) in [6, 6.07) is 18.1. The van der Waals surface area contributed by atoms with Gasteiger partial charge in [0.25, 0.3) is 0 Å². The fourth-order valence-corrected chi connectivity index (χ4v) is 3.54. The molecule has 4 nitrogen and oxygen atoms in total. The lowest BCUT2D eigenvalue weighted by atomic mass is 9.90. The molecule has 0 saturated carbocycles. The normalized spacial score (nSPS) is 20.6. The lowest BCUT2D eigenvalue weighted by Gasteiger charge is -2.33. The molecule has 0 aromatic heterocycles. The van der Waals surface area contributed by atoms with E-state index >= 15 is 0 Å². The Morgan fingerprint density at radius 1 is 1.15 bits per heavy atom. The van der Waals surface area contributed by atoms with Gasteiger partial charge >= 0.3 is 5.97 Å². The van der Waals surface area contributed by atoms with Gasteiger partial charge in [0.1, 0.15) is 12.4 Å². The van der Waals surface area contributed by atoms with E-state index < -0.39 is 5.97 Å². The van der Waals surface area contributed by atoms with Crippen LogP contribution in [-0.2, 0) is 11.4 Å². The molecule has 1 aliphatic rings. The Hall–Kier alpha value is -2.59. The Balaban J connectivity index is 1.48.